The molecule has 3 rings (SSSR count). The molecule has 0 unspecified atom stereocenters. The molecular formula is C19H28ClN3O2. The van der Waals surface area contributed by atoms with E-state index in [0.29, 0.717) is 30.8 Å². The molecule has 0 bridgehead atoms. The SMILES string of the molecule is CN1C[C@H](C(=O)N2CCOc3ccc(Cl)cc3C2)CC[C@H](N(C)C)C1. The highest BCUT2D eigenvalue weighted by atomic mass is 35.5. The van der Waals surface area contributed by atoms with E-state index in [1.54, 1.807) is 0 Å². The molecule has 2 aliphatic heterocycles. The zero-order valence-electron chi connectivity index (χ0n) is 15.4. The number of amides is 1. The Morgan fingerprint density at radius 3 is 2.84 bits per heavy atom. The summed E-state index contributed by atoms with van der Waals surface area (Å²) in [6.07, 6.45) is 1.99. The van der Waals surface area contributed by atoms with Gasteiger partial charge in [-0.1, -0.05) is 11.6 Å². The van der Waals surface area contributed by atoms with Crippen LogP contribution in [0.4, 0.5) is 0 Å². The molecule has 1 aromatic carbocycles. The van der Waals surface area contributed by atoms with Gasteiger partial charge in [0.1, 0.15) is 12.4 Å². The molecule has 1 fully saturated rings. The van der Waals surface area contributed by atoms with Gasteiger partial charge in [0.25, 0.3) is 0 Å². The fourth-order valence-corrected chi connectivity index (χ4v) is 4.01. The van der Waals surface area contributed by atoms with Crippen LogP contribution in [-0.4, -0.2) is 74.0 Å². The predicted molar refractivity (Wildman–Crippen MR) is 100 cm³/mol. The molecule has 2 aliphatic rings. The van der Waals surface area contributed by atoms with Crippen molar-refractivity contribution in [3.8, 4) is 5.75 Å². The molecular weight excluding hydrogens is 338 g/mol. The molecule has 1 aromatic rings. The first kappa shape index (κ1) is 18.5. The Kier molecular flexibility index (Phi) is 5.87. The van der Waals surface area contributed by atoms with Gasteiger partial charge >= 0.3 is 0 Å². The van der Waals surface area contributed by atoms with Crippen molar-refractivity contribution in [2.75, 3.05) is 47.4 Å². The van der Waals surface area contributed by atoms with Crippen molar-refractivity contribution in [3.63, 3.8) is 0 Å². The largest absolute Gasteiger partial charge is 0.491 e. The third kappa shape index (κ3) is 4.46. The van der Waals surface area contributed by atoms with Crippen molar-refractivity contribution in [1.29, 1.82) is 0 Å². The summed E-state index contributed by atoms with van der Waals surface area (Å²) in [4.78, 5) is 19.7. The van der Waals surface area contributed by atoms with Gasteiger partial charge in [-0.3, -0.25) is 4.79 Å². The highest BCUT2D eigenvalue weighted by Crippen LogP contribution is 2.28. The molecule has 1 amide bonds. The maximum atomic E-state index is 13.2. The quantitative estimate of drug-likeness (QED) is 0.806. The first-order chi connectivity index (χ1) is 11.9. The van der Waals surface area contributed by atoms with E-state index in [2.05, 4.69) is 30.9 Å². The Morgan fingerprint density at radius 2 is 2.08 bits per heavy atom. The smallest absolute Gasteiger partial charge is 0.227 e. The van der Waals surface area contributed by atoms with Crippen molar-refractivity contribution < 1.29 is 9.53 Å². The zero-order valence-corrected chi connectivity index (χ0v) is 16.1. The van der Waals surface area contributed by atoms with E-state index in [-0.39, 0.29) is 11.8 Å². The van der Waals surface area contributed by atoms with Crippen LogP contribution in [0.25, 0.3) is 0 Å². The highest BCUT2D eigenvalue weighted by molar-refractivity contribution is 6.30. The fraction of sp³-hybridized carbons (Fsp3) is 0.632. The molecule has 0 aliphatic carbocycles. The highest BCUT2D eigenvalue weighted by Gasteiger charge is 2.31. The number of benzene rings is 1. The minimum Gasteiger partial charge on any atom is -0.491 e. The van der Waals surface area contributed by atoms with E-state index in [1.165, 1.54) is 0 Å². The number of fused-ring (bicyclic) bond motifs is 1. The third-order valence-corrected chi connectivity index (χ3v) is 5.53. The van der Waals surface area contributed by atoms with Crippen molar-refractivity contribution in [3.05, 3.63) is 28.8 Å². The fourth-order valence-electron chi connectivity index (χ4n) is 3.82. The van der Waals surface area contributed by atoms with Crippen LogP contribution in [0.1, 0.15) is 18.4 Å². The third-order valence-electron chi connectivity index (χ3n) is 5.30. The second kappa shape index (κ2) is 7.94. The Balaban J connectivity index is 1.71. The molecule has 0 spiro atoms. The number of nitrogens with zero attached hydrogens (tertiary/aromatic N) is 3. The van der Waals surface area contributed by atoms with Gasteiger partial charge in [-0.2, -0.15) is 0 Å². The van der Waals surface area contributed by atoms with Crippen molar-refractivity contribution in [2.24, 2.45) is 5.92 Å². The maximum absolute atomic E-state index is 13.2. The van der Waals surface area contributed by atoms with Crippen LogP contribution in [0, 0.1) is 5.92 Å². The number of rotatable bonds is 2. The monoisotopic (exact) mass is 365 g/mol. The molecule has 0 saturated carbocycles. The van der Waals surface area contributed by atoms with Crippen molar-refractivity contribution >= 4 is 17.5 Å². The van der Waals surface area contributed by atoms with E-state index in [1.807, 2.05) is 23.1 Å². The van der Waals surface area contributed by atoms with Gasteiger partial charge in [-0.15, -0.1) is 0 Å². The zero-order chi connectivity index (χ0) is 18.0. The first-order valence-corrected chi connectivity index (χ1v) is 9.37. The Labute approximate surface area is 155 Å². The predicted octanol–water partition coefficient (Wildman–Crippen LogP) is 2.33. The molecule has 25 heavy (non-hydrogen) atoms. The molecule has 0 aromatic heterocycles. The summed E-state index contributed by atoms with van der Waals surface area (Å²) in [5.41, 5.74) is 0.992. The number of hydrogen-bond acceptors (Lipinski definition) is 4. The van der Waals surface area contributed by atoms with E-state index in [0.717, 1.165) is 37.2 Å². The topological polar surface area (TPSA) is 36.0 Å². The lowest BCUT2D eigenvalue weighted by Crippen LogP contribution is -2.41. The summed E-state index contributed by atoms with van der Waals surface area (Å²) < 4.78 is 5.80. The molecule has 2 heterocycles. The van der Waals surface area contributed by atoms with Gasteiger partial charge in [0.05, 0.1) is 12.5 Å². The van der Waals surface area contributed by atoms with E-state index in [4.69, 9.17) is 16.3 Å². The molecule has 0 radical (unpaired) electrons. The lowest BCUT2D eigenvalue weighted by Gasteiger charge is -2.27. The molecule has 5 nitrogen and oxygen atoms in total. The molecule has 2 atom stereocenters. The van der Waals surface area contributed by atoms with Gasteiger partial charge in [0, 0.05) is 36.3 Å². The van der Waals surface area contributed by atoms with Crippen LogP contribution in [0.2, 0.25) is 5.02 Å². The van der Waals surface area contributed by atoms with Gasteiger partial charge < -0.3 is 19.4 Å². The minimum atomic E-state index is 0.0516. The normalized spacial score (nSPS) is 25.1. The number of likely N-dealkylation sites (tertiary alicyclic amines) is 1. The summed E-state index contributed by atoms with van der Waals surface area (Å²) in [6, 6.07) is 6.14. The summed E-state index contributed by atoms with van der Waals surface area (Å²) in [6.45, 7) is 3.57. The van der Waals surface area contributed by atoms with E-state index < -0.39 is 0 Å². The van der Waals surface area contributed by atoms with Crippen molar-refractivity contribution in [1.82, 2.24) is 14.7 Å². The summed E-state index contributed by atoms with van der Waals surface area (Å²) in [7, 11) is 6.35. The van der Waals surface area contributed by atoms with Crippen molar-refractivity contribution in [2.45, 2.75) is 25.4 Å². The Morgan fingerprint density at radius 1 is 1.28 bits per heavy atom. The van der Waals surface area contributed by atoms with Crippen LogP contribution in [-0.2, 0) is 11.3 Å². The van der Waals surface area contributed by atoms with Gasteiger partial charge in [-0.05, 0) is 52.2 Å². The molecule has 1 saturated heterocycles. The van der Waals surface area contributed by atoms with E-state index in [9.17, 15) is 4.79 Å². The van der Waals surface area contributed by atoms with Gasteiger partial charge in [-0.25, -0.2) is 0 Å². The number of likely N-dealkylation sites (N-methyl/N-ethyl adjacent to an activating group) is 2. The number of ether oxygens (including phenoxy) is 1. The molecule has 6 heteroatoms. The lowest BCUT2D eigenvalue weighted by atomic mass is 9.99. The lowest BCUT2D eigenvalue weighted by molar-refractivity contribution is -0.136. The molecule has 138 valence electrons. The average Bonchev–Trinajstić information content (AvgIpc) is 2.89. The van der Waals surface area contributed by atoms with Crippen LogP contribution < -0.4 is 4.74 Å². The van der Waals surface area contributed by atoms with Crippen LogP contribution >= 0.6 is 11.6 Å². The van der Waals surface area contributed by atoms with Gasteiger partial charge in [0.2, 0.25) is 5.91 Å². The van der Waals surface area contributed by atoms with Crippen LogP contribution in [0.3, 0.4) is 0 Å². The first-order valence-electron chi connectivity index (χ1n) is 8.99. The Bertz CT molecular complexity index is 623. The number of halogens is 1. The van der Waals surface area contributed by atoms with Crippen LogP contribution in [0.5, 0.6) is 5.75 Å². The maximum Gasteiger partial charge on any atom is 0.227 e. The summed E-state index contributed by atoms with van der Waals surface area (Å²) in [5, 5.41) is 0.680. The van der Waals surface area contributed by atoms with Gasteiger partial charge in [0.15, 0.2) is 0 Å². The number of carbonyl (C=O) groups is 1. The number of hydrogen-bond donors (Lipinski definition) is 0. The summed E-state index contributed by atoms with van der Waals surface area (Å²) >= 11 is 6.12. The minimum absolute atomic E-state index is 0.0516. The van der Waals surface area contributed by atoms with Crippen LogP contribution in [0.15, 0.2) is 18.2 Å². The number of carbonyl (C=O) groups excluding carboxylic acids is 1. The second-order valence-electron chi connectivity index (χ2n) is 7.47. The summed E-state index contributed by atoms with van der Waals surface area (Å²) in [5.74, 6) is 1.13. The standard InChI is InChI=1S/C19H28ClN3O2/c1-21(2)17-6-4-14(11-22(3)13-17)19(24)23-8-9-25-18-7-5-16(20)10-15(18)12-23/h5,7,10,14,17H,4,6,8-9,11-13H2,1-3H3/t14-,17+/m1/s1. The van der Waals surface area contributed by atoms with E-state index >= 15 is 0 Å². The second-order valence-corrected chi connectivity index (χ2v) is 7.91. The Hall–Kier alpha value is -1.30. The molecule has 0 N–H and O–H groups in total. The average molecular weight is 366 g/mol.